The molecule has 0 saturated carbocycles. The fourth-order valence-electron chi connectivity index (χ4n) is 2.02. The van der Waals surface area contributed by atoms with E-state index in [0.717, 1.165) is 11.1 Å². The first-order chi connectivity index (χ1) is 10.9. The number of hydrogen-bond acceptors (Lipinski definition) is 5. The lowest BCUT2D eigenvalue weighted by Crippen LogP contribution is -2.05. The molecule has 0 bridgehead atoms. The Kier molecular flexibility index (Phi) is 4.19. The Morgan fingerprint density at radius 2 is 1.70 bits per heavy atom. The molecule has 0 aliphatic rings. The van der Waals surface area contributed by atoms with Crippen molar-refractivity contribution in [2.45, 2.75) is 17.6 Å². The number of hydrogen-bond donors (Lipinski definition) is 0. The number of nitrogens with zero attached hydrogens (tertiary/aromatic N) is 2. The molecule has 0 N–H and O–H groups in total. The minimum Gasteiger partial charge on any atom is -0.338 e. The highest BCUT2D eigenvalue weighted by Gasteiger charge is 2.20. The molecule has 2 aromatic carbocycles. The average Bonchev–Trinajstić information content (AvgIpc) is 2.96. The molecule has 0 amide bonds. The summed E-state index contributed by atoms with van der Waals surface area (Å²) in [5.41, 5.74) is 1.89. The summed E-state index contributed by atoms with van der Waals surface area (Å²) in [5, 5.41) is 4.31. The minimum absolute atomic E-state index is 0.0514. The van der Waals surface area contributed by atoms with E-state index in [-0.39, 0.29) is 16.5 Å². The van der Waals surface area contributed by atoms with Gasteiger partial charge < -0.3 is 4.52 Å². The van der Waals surface area contributed by atoms with Crippen LogP contribution in [0.2, 0.25) is 5.02 Å². The lowest BCUT2D eigenvalue weighted by molar-refractivity contribution is 0.389. The molecule has 3 aromatic rings. The average molecular weight is 349 g/mol. The van der Waals surface area contributed by atoms with Crippen LogP contribution in [0, 0.1) is 6.92 Å². The van der Waals surface area contributed by atoms with Crippen LogP contribution in [0.25, 0.3) is 11.4 Å². The SMILES string of the molecule is Cc1ccc(-c2noc(CS(=O)(=O)c3ccc(Cl)cc3)n2)cc1. The molecule has 0 fully saturated rings. The van der Waals surface area contributed by atoms with E-state index in [1.165, 1.54) is 24.3 Å². The smallest absolute Gasteiger partial charge is 0.242 e. The van der Waals surface area contributed by atoms with Crippen LogP contribution in [0.1, 0.15) is 11.5 Å². The third-order valence-electron chi connectivity index (χ3n) is 3.26. The van der Waals surface area contributed by atoms with Crippen molar-refractivity contribution in [3.63, 3.8) is 0 Å². The topological polar surface area (TPSA) is 73.1 Å². The zero-order chi connectivity index (χ0) is 16.4. The summed E-state index contributed by atoms with van der Waals surface area (Å²) in [6, 6.07) is 13.5. The van der Waals surface area contributed by atoms with Gasteiger partial charge in [-0.15, -0.1) is 0 Å². The summed E-state index contributed by atoms with van der Waals surface area (Å²) < 4.78 is 29.7. The monoisotopic (exact) mass is 348 g/mol. The number of halogens is 1. The molecular formula is C16H13ClN2O3S. The van der Waals surface area contributed by atoms with Gasteiger partial charge in [-0.3, -0.25) is 0 Å². The van der Waals surface area contributed by atoms with Crippen LogP contribution in [-0.2, 0) is 15.6 Å². The molecule has 23 heavy (non-hydrogen) atoms. The standard InChI is InChI=1S/C16H13ClN2O3S/c1-11-2-4-12(5-3-11)16-18-15(22-19-16)10-23(20,21)14-8-6-13(17)7-9-14/h2-9H,10H2,1H3. The number of rotatable bonds is 4. The molecule has 0 atom stereocenters. The third-order valence-corrected chi connectivity index (χ3v) is 5.13. The molecule has 5 nitrogen and oxygen atoms in total. The first kappa shape index (κ1) is 15.7. The Labute approximate surface area is 138 Å². The van der Waals surface area contributed by atoms with Crippen LogP contribution in [0.3, 0.4) is 0 Å². The second-order valence-electron chi connectivity index (χ2n) is 5.09. The highest BCUT2D eigenvalue weighted by Crippen LogP contribution is 2.21. The molecule has 0 radical (unpaired) electrons. The van der Waals surface area contributed by atoms with Crippen molar-refractivity contribution in [3.05, 3.63) is 65.0 Å². The van der Waals surface area contributed by atoms with Crippen molar-refractivity contribution >= 4 is 21.4 Å². The largest absolute Gasteiger partial charge is 0.338 e. The van der Waals surface area contributed by atoms with Crippen molar-refractivity contribution in [2.75, 3.05) is 0 Å². The van der Waals surface area contributed by atoms with E-state index >= 15 is 0 Å². The summed E-state index contributed by atoms with van der Waals surface area (Å²) in [4.78, 5) is 4.32. The molecule has 0 unspecified atom stereocenters. The highest BCUT2D eigenvalue weighted by atomic mass is 35.5. The fraction of sp³-hybridized carbons (Fsp3) is 0.125. The number of aryl methyl sites for hydroxylation is 1. The maximum absolute atomic E-state index is 12.3. The van der Waals surface area contributed by atoms with Gasteiger partial charge in [-0.05, 0) is 31.2 Å². The van der Waals surface area contributed by atoms with Crippen molar-refractivity contribution < 1.29 is 12.9 Å². The molecule has 1 aromatic heterocycles. The van der Waals surface area contributed by atoms with Crippen LogP contribution in [0.4, 0.5) is 0 Å². The lowest BCUT2D eigenvalue weighted by Gasteiger charge is -2.01. The van der Waals surface area contributed by atoms with Gasteiger partial charge in [0.25, 0.3) is 0 Å². The van der Waals surface area contributed by atoms with Gasteiger partial charge in [-0.25, -0.2) is 8.42 Å². The first-order valence-electron chi connectivity index (χ1n) is 6.82. The molecular weight excluding hydrogens is 336 g/mol. The van der Waals surface area contributed by atoms with E-state index in [9.17, 15) is 8.42 Å². The van der Waals surface area contributed by atoms with Gasteiger partial charge in [0.05, 0.1) is 4.90 Å². The Balaban J connectivity index is 1.83. The Hall–Kier alpha value is -2.18. The Bertz CT molecular complexity index is 917. The fourth-order valence-corrected chi connectivity index (χ4v) is 3.31. The van der Waals surface area contributed by atoms with Gasteiger partial charge in [0, 0.05) is 10.6 Å². The summed E-state index contributed by atoms with van der Waals surface area (Å²) in [6.07, 6.45) is 0. The maximum atomic E-state index is 12.3. The number of sulfone groups is 1. The van der Waals surface area contributed by atoms with Crippen molar-refractivity contribution in [1.82, 2.24) is 10.1 Å². The van der Waals surface area contributed by atoms with E-state index in [1.54, 1.807) is 0 Å². The summed E-state index contributed by atoms with van der Waals surface area (Å²) in [6.45, 7) is 1.98. The van der Waals surface area contributed by atoms with E-state index in [1.807, 2.05) is 31.2 Å². The van der Waals surface area contributed by atoms with Crippen LogP contribution < -0.4 is 0 Å². The van der Waals surface area contributed by atoms with Crippen molar-refractivity contribution in [2.24, 2.45) is 0 Å². The van der Waals surface area contributed by atoms with Gasteiger partial charge in [0.2, 0.25) is 11.7 Å². The predicted octanol–water partition coefficient (Wildman–Crippen LogP) is 3.67. The predicted molar refractivity (Wildman–Crippen MR) is 86.8 cm³/mol. The molecule has 0 spiro atoms. The minimum atomic E-state index is -3.56. The van der Waals surface area contributed by atoms with Gasteiger partial charge in [-0.1, -0.05) is 46.6 Å². The molecule has 7 heteroatoms. The van der Waals surface area contributed by atoms with Crippen LogP contribution in [0.5, 0.6) is 0 Å². The highest BCUT2D eigenvalue weighted by molar-refractivity contribution is 7.90. The molecule has 3 rings (SSSR count). The molecule has 0 aliphatic carbocycles. The second-order valence-corrected chi connectivity index (χ2v) is 7.52. The van der Waals surface area contributed by atoms with E-state index < -0.39 is 9.84 Å². The molecule has 118 valence electrons. The van der Waals surface area contributed by atoms with E-state index in [0.29, 0.717) is 10.8 Å². The number of benzene rings is 2. The second kappa shape index (κ2) is 6.14. The Morgan fingerprint density at radius 3 is 2.35 bits per heavy atom. The maximum Gasteiger partial charge on any atom is 0.242 e. The van der Waals surface area contributed by atoms with Crippen LogP contribution in [0.15, 0.2) is 57.9 Å². The van der Waals surface area contributed by atoms with Crippen molar-refractivity contribution in [1.29, 1.82) is 0 Å². The Morgan fingerprint density at radius 1 is 1.04 bits per heavy atom. The van der Waals surface area contributed by atoms with Crippen molar-refractivity contribution in [3.8, 4) is 11.4 Å². The zero-order valence-electron chi connectivity index (χ0n) is 12.2. The molecule has 1 heterocycles. The third kappa shape index (κ3) is 3.60. The number of aromatic nitrogens is 2. The summed E-state index contributed by atoms with van der Waals surface area (Å²) in [5.74, 6) is 0.0647. The van der Waals surface area contributed by atoms with Crippen LogP contribution >= 0.6 is 11.6 Å². The summed E-state index contributed by atoms with van der Waals surface area (Å²) >= 11 is 5.77. The molecule has 0 aliphatic heterocycles. The van der Waals surface area contributed by atoms with Gasteiger partial charge in [0.15, 0.2) is 9.84 Å². The first-order valence-corrected chi connectivity index (χ1v) is 8.85. The summed E-state index contributed by atoms with van der Waals surface area (Å²) in [7, 11) is -3.56. The molecule has 0 saturated heterocycles. The lowest BCUT2D eigenvalue weighted by atomic mass is 10.1. The normalized spacial score (nSPS) is 11.6. The quantitative estimate of drug-likeness (QED) is 0.719. The van der Waals surface area contributed by atoms with E-state index in [4.69, 9.17) is 16.1 Å². The zero-order valence-corrected chi connectivity index (χ0v) is 13.8. The van der Waals surface area contributed by atoms with Crippen LogP contribution in [-0.4, -0.2) is 18.6 Å². The van der Waals surface area contributed by atoms with Gasteiger partial charge in [0.1, 0.15) is 5.75 Å². The van der Waals surface area contributed by atoms with Gasteiger partial charge >= 0.3 is 0 Å². The van der Waals surface area contributed by atoms with Gasteiger partial charge in [-0.2, -0.15) is 4.98 Å². The van der Waals surface area contributed by atoms with E-state index in [2.05, 4.69) is 10.1 Å².